The summed E-state index contributed by atoms with van der Waals surface area (Å²) in [5.41, 5.74) is 0.832. The molecule has 2 aromatic rings. The number of ether oxygens (including phenoxy) is 1. The molecule has 2 N–H and O–H groups in total. The molecule has 0 aliphatic rings. The maximum absolute atomic E-state index is 12.6. The highest BCUT2D eigenvalue weighted by Gasteiger charge is 2.25. The van der Waals surface area contributed by atoms with Crippen molar-refractivity contribution >= 4 is 40.7 Å². The Morgan fingerprint density at radius 1 is 1.04 bits per heavy atom. The molecule has 7 heteroatoms. The predicted octanol–water partition coefficient (Wildman–Crippen LogP) is 4.40. The largest absolute Gasteiger partial charge is 0.495 e. The van der Waals surface area contributed by atoms with E-state index >= 15 is 0 Å². The average Bonchev–Trinajstić information content (AvgIpc) is 2.59. The highest BCUT2D eigenvalue weighted by atomic mass is 35.5. The zero-order chi connectivity index (χ0) is 19.3. The second-order valence-electron chi connectivity index (χ2n) is 6.01. The Morgan fingerprint density at radius 3 is 2.31 bits per heavy atom. The topological polar surface area (TPSA) is 67.4 Å². The minimum absolute atomic E-state index is 0.129. The van der Waals surface area contributed by atoms with Crippen LogP contribution < -0.4 is 15.4 Å². The molecule has 5 nitrogen and oxygen atoms in total. The van der Waals surface area contributed by atoms with Gasteiger partial charge in [-0.25, -0.2) is 0 Å². The summed E-state index contributed by atoms with van der Waals surface area (Å²) in [5.74, 6) is -0.369. The van der Waals surface area contributed by atoms with Gasteiger partial charge in [0.2, 0.25) is 5.91 Å². The van der Waals surface area contributed by atoms with Gasteiger partial charge in [-0.15, -0.1) is 0 Å². The van der Waals surface area contributed by atoms with Gasteiger partial charge in [0, 0.05) is 5.69 Å². The highest BCUT2D eigenvalue weighted by molar-refractivity contribution is 6.34. The number of halogens is 2. The average molecular weight is 395 g/mol. The number of carbonyl (C=O) groups is 2. The number of rotatable bonds is 6. The molecule has 0 aliphatic carbocycles. The number of carbonyl (C=O) groups excluding carboxylic acids is 2. The molecule has 0 aromatic heterocycles. The zero-order valence-corrected chi connectivity index (χ0v) is 16.2. The summed E-state index contributed by atoms with van der Waals surface area (Å²) in [6.45, 7) is 3.69. The van der Waals surface area contributed by atoms with Crippen LogP contribution in [0, 0.1) is 5.92 Å². The molecular weight excluding hydrogens is 375 g/mol. The lowest BCUT2D eigenvalue weighted by Crippen LogP contribution is -2.47. The molecule has 0 heterocycles. The number of amides is 2. The van der Waals surface area contributed by atoms with Crippen molar-refractivity contribution in [3.63, 3.8) is 0 Å². The van der Waals surface area contributed by atoms with Crippen molar-refractivity contribution < 1.29 is 14.3 Å². The van der Waals surface area contributed by atoms with E-state index < -0.39 is 11.9 Å². The van der Waals surface area contributed by atoms with Crippen molar-refractivity contribution in [2.75, 3.05) is 12.4 Å². The normalized spacial score (nSPS) is 11.8. The van der Waals surface area contributed by atoms with Crippen LogP contribution in [-0.4, -0.2) is 25.0 Å². The minimum Gasteiger partial charge on any atom is -0.495 e. The van der Waals surface area contributed by atoms with Crippen LogP contribution in [0.15, 0.2) is 42.5 Å². The molecule has 1 atom stereocenters. The molecule has 0 bridgehead atoms. The van der Waals surface area contributed by atoms with Gasteiger partial charge in [0.25, 0.3) is 5.91 Å². The fourth-order valence-corrected chi connectivity index (χ4v) is 2.84. The maximum Gasteiger partial charge on any atom is 0.253 e. The van der Waals surface area contributed by atoms with E-state index in [2.05, 4.69) is 10.6 Å². The summed E-state index contributed by atoms with van der Waals surface area (Å²) in [6.07, 6.45) is 0. The molecule has 2 rings (SSSR count). The van der Waals surface area contributed by atoms with Crippen LogP contribution >= 0.6 is 23.2 Å². The minimum atomic E-state index is -0.736. The SMILES string of the molecule is COc1ccc(NC(=O)[C@@H](NC(=O)c2ccccc2Cl)C(C)C)cc1Cl. The fourth-order valence-electron chi connectivity index (χ4n) is 2.36. The van der Waals surface area contributed by atoms with Crippen molar-refractivity contribution in [2.24, 2.45) is 5.92 Å². The quantitative estimate of drug-likeness (QED) is 0.762. The summed E-state index contributed by atoms with van der Waals surface area (Å²) in [7, 11) is 1.51. The lowest BCUT2D eigenvalue weighted by Gasteiger charge is -2.22. The molecule has 0 fully saturated rings. The third-order valence-corrected chi connectivity index (χ3v) is 4.40. The number of benzene rings is 2. The Labute approximate surface area is 162 Å². The van der Waals surface area contributed by atoms with E-state index in [9.17, 15) is 9.59 Å². The smallest absolute Gasteiger partial charge is 0.253 e. The van der Waals surface area contributed by atoms with E-state index in [-0.39, 0.29) is 11.8 Å². The first-order valence-electron chi connectivity index (χ1n) is 8.03. The van der Waals surface area contributed by atoms with E-state index in [0.717, 1.165) is 0 Å². The Kier molecular flexibility index (Phi) is 6.89. The van der Waals surface area contributed by atoms with Crippen LogP contribution in [0.25, 0.3) is 0 Å². The fraction of sp³-hybridized carbons (Fsp3) is 0.263. The number of hydrogen-bond donors (Lipinski definition) is 2. The van der Waals surface area contributed by atoms with Gasteiger partial charge in [-0.05, 0) is 36.2 Å². The highest BCUT2D eigenvalue weighted by Crippen LogP contribution is 2.27. The first kappa shape index (κ1) is 20.1. The Morgan fingerprint density at radius 2 is 1.73 bits per heavy atom. The van der Waals surface area contributed by atoms with Crippen LogP contribution in [-0.2, 0) is 4.79 Å². The zero-order valence-electron chi connectivity index (χ0n) is 14.7. The molecule has 0 aliphatic heterocycles. The number of nitrogens with one attached hydrogen (secondary N) is 2. The second-order valence-corrected chi connectivity index (χ2v) is 6.83. The summed E-state index contributed by atoms with van der Waals surface area (Å²) < 4.78 is 5.09. The van der Waals surface area contributed by atoms with Gasteiger partial charge in [-0.1, -0.05) is 49.2 Å². The summed E-state index contributed by atoms with van der Waals surface area (Å²) in [6, 6.07) is 10.9. The summed E-state index contributed by atoms with van der Waals surface area (Å²) in [5, 5.41) is 6.21. The van der Waals surface area contributed by atoms with E-state index in [1.54, 1.807) is 42.5 Å². The van der Waals surface area contributed by atoms with Crippen LogP contribution in [0.1, 0.15) is 24.2 Å². The van der Waals surface area contributed by atoms with Crippen LogP contribution in [0.3, 0.4) is 0 Å². The maximum atomic E-state index is 12.6. The van der Waals surface area contributed by atoms with Gasteiger partial charge < -0.3 is 15.4 Å². The van der Waals surface area contributed by atoms with Crippen molar-refractivity contribution in [1.82, 2.24) is 5.32 Å². The summed E-state index contributed by atoms with van der Waals surface area (Å²) in [4.78, 5) is 25.1. The van der Waals surface area contributed by atoms with Crippen molar-refractivity contribution in [3.8, 4) is 5.75 Å². The van der Waals surface area contributed by atoms with Gasteiger partial charge >= 0.3 is 0 Å². The van der Waals surface area contributed by atoms with Crippen molar-refractivity contribution in [2.45, 2.75) is 19.9 Å². The van der Waals surface area contributed by atoms with E-state index in [4.69, 9.17) is 27.9 Å². The third-order valence-electron chi connectivity index (χ3n) is 3.77. The summed E-state index contributed by atoms with van der Waals surface area (Å²) >= 11 is 12.1. The predicted molar refractivity (Wildman–Crippen MR) is 104 cm³/mol. The van der Waals surface area contributed by atoms with Gasteiger partial charge in [-0.2, -0.15) is 0 Å². The molecule has 0 unspecified atom stereocenters. The molecular formula is C19H20Cl2N2O3. The van der Waals surface area contributed by atoms with E-state index in [1.807, 2.05) is 13.8 Å². The molecule has 0 saturated carbocycles. The van der Waals surface area contributed by atoms with Gasteiger partial charge in [0.05, 0.1) is 22.7 Å². The van der Waals surface area contributed by atoms with E-state index in [1.165, 1.54) is 7.11 Å². The molecule has 0 saturated heterocycles. The first-order chi connectivity index (χ1) is 12.3. The molecule has 2 aromatic carbocycles. The number of methoxy groups -OCH3 is 1. The lowest BCUT2D eigenvalue weighted by atomic mass is 10.0. The first-order valence-corrected chi connectivity index (χ1v) is 8.79. The molecule has 26 heavy (non-hydrogen) atoms. The van der Waals surface area contributed by atoms with Crippen LogP contribution in [0.5, 0.6) is 5.75 Å². The molecule has 2 amide bonds. The third kappa shape index (κ3) is 4.90. The van der Waals surface area contributed by atoms with Gasteiger partial charge in [-0.3, -0.25) is 9.59 Å². The Bertz CT molecular complexity index is 809. The van der Waals surface area contributed by atoms with Crippen LogP contribution in [0.4, 0.5) is 5.69 Å². The monoisotopic (exact) mass is 394 g/mol. The molecule has 0 spiro atoms. The van der Waals surface area contributed by atoms with Crippen molar-refractivity contribution in [1.29, 1.82) is 0 Å². The van der Waals surface area contributed by atoms with Crippen molar-refractivity contribution in [3.05, 3.63) is 58.1 Å². The van der Waals surface area contributed by atoms with Gasteiger partial charge in [0.15, 0.2) is 0 Å². The van der Waals surface area contributed by atoms with E-state index in [0.29, 0.717) is 27.0 Å². The second kappa shape index (κ2) is 8.92. The standard InChI is InChI=1S/C19H20Cl2N2O3/c1-11(2)17(23-18(24)13-6-4-5-7-14(13)20)19(25)22-12-8-9-16(26-3)15(21)10-12/h4-11,17H,1-3H3,(H,22,25)(H,23,24)/t17-/m0/s1. The van der Waals surface area contributed by atoms with Gasteiger partial charge in [0.1, 0.15) is 11.8 Å². The number of hydrogen-bond acceptors (Lipinski definition) is 3. The van der Waals surface area contributed by atoms with Crippen LogP contribution in [0.2, 0.25) is 10.0 Å². The molecule has 0 radical (unpaired) electrons. The molecule has 138 valence electrons. The Balaban J connectivity index is 2.14. The lowest BCUT2D eigenvalue weighted by molar-refractivity contribution is -0.118. The number of anilines is 1. The Hall–Kier alpha value is -2.24.